The third kappa shape index (κ3) is 3.46. The summed E-state index contributed by atoms with van der Waals surface area (Å²) in [5, 5.41) is 0.479. The second-order valence-corrected chi connectivity index (χ2v) is 7.17. The lowest BCUT2D eigenvalue weighted by Gasteiger charge is -2.22. The fourth-order valence-corrected chi connectivity index (χ4v) is 2.72. The van der Waals surface area contributed by atoms with Crippen LogP contribution in [0.15, 0.2) is 11.6 Å². The molecule has 0 saturated carbocycles. The van der Waals surface area contributed by atoms with Crippen LogP contribution >= 0.6 is 22.9 Å². The summed E-state index contributed by atoms with van der Waals surface area (Å²) in [6.45, 7) is 9.03. The van der Waals surface area contributed by atoms with E-state index in [2.05, 4.69) is 40.6 Å². The largest absolute Gasteiger partial charge is 0.354 e. The van der Waals surface area contributed by atoms with Crippen LogP contribution < -0.4 is 4.90 Å². The van der Waals surface area contributed by atoms with Crippen LogP contribution in [0, 0.1) is 6.92 Å². The zero-order chi connectivity index (χ0) is 14.9. The van der Waals surface area contributed by atoms with Crippen molar-refractivity contribution in [2.45, 2.75) is 39.7 Å². The molecule has 0 unspecified atom stereocenters. The predicted octanol–water partition coefficient (Wildman–Crippen LogP) is 3.83. The molecule has 4 nitrogen and oxygen atoms in total. The Kier molecular flexibility index (Phi) is 4.30. The first-order chi connectivity index (χ1) is 9.27. The van der Waals surface area contributed by atoms with E-state index in [1.807, 2.05) is 19.5 Å². The Morgan fingerprint density at radius 1 is 1.30 bits per heavy atom. The molecule has 2 aromatic heterocycles. The minimum atomic E-state index is -0.124. The van der Waals surface area contributed by atoms with E-state index in [0.717, 1.165) is 23.9 Å². The van der Waals surface area contributed by atoms with E-state index >= 15 is 0 Å². The predicted molar refractivity (Wildman–Crippen MR) is 84.7 cm³/mol. The van der Waals surface area contributed by atoms with Crippen LogP contribution in [-0.4, -0.2) is 22.0 Å². The molecule has 0 aliphatic rings. The standard InChI is InChI=1S/C14H19ClN4S/c1-9-10(20-8-16-9)7-19(5)12-6-11(15)17-13(18-12)14(2,3)4/h6,8H,7H2,1-5H3. The molecule has 2 rings (SSSR count). The van der Waals surface area contributed by atoms with Gasteiger partial charge in [-0.3, -0.25) is 0 Å². The lowest BCUT2D eigenvalue weighted by atomic mass is 9.96. The fourth-order valence-electron chi connectivity index (χ4n) is 1.71. The summed E-state index contributed by atoms with van der Waals surface area (Å²) in [6, 6.07) is 1.80. The molecular weight excluding hydrogens is 292 g/mol. The lowest BCUT2D eigenvalue weighted by molar-refractivity contribution is 0.544. The topological polar surface area (TPSA) is 41.9 Å². The van der Waals surface area contributed by atoms with Gasteiger partial charge in [0.2, 0.25) is 0 Å². The van der Waals surface area contributed by atoms with Gasteiger partial charge < -0.3 is 4.90 Å². The second-order valence-electron chi connectivity index (χ2n) is 5.84. The van der Waals surface area contributed by atoms with Gasteiger partial charge in [-0.1, -0.05) is 32.4 Å². The summed E-state index contributed by atoms with van der Waals surface area (Å²) in [5.41, 5.74) is 2.81. The Morgan fingerprint density at radius 3 is 2.55 bits per heavy atom. The number of aromatic nitrogens is 3. The van der Waals surface area contributed by atoms with Crippen molar-refractivity contribution in [3.05, 3.63) is 33.1 Å². The molecule has 0 fully saturated rings. The van der Waals surface area contributed by atoms with Gasteiger partial charge in [0.05, 0.1) is 17.7 Å². The number of hydrogen-bond donors (Lipinski definition) is 0. The first kappa shape index (κ1) is 15.2. The van der Waals surface area contributed by atoms with Crippen molar-refractivity contribution in [3.8, 4) is 0 Å². The third-order valence-corrected chi connectivity index (χ3v) is 4.08. The molecule has 2 aromatic rings. The molecular formula is C14H19ClN4S. The van der Waals surface area contributed by atoms with E-state index in [4.69, 9.17) is 11.6 Å². The molecule has 0 aliphatic heterocycles. The molecule has 0 saturated heterocycles. The van der Waals surface area contributed by atoms with Crippen LogP contribution in [0.2, 0.25) is 5.15 Å². The van der Waals surface area contributed by atoms with Gasteiger partial charge in [-0.15, -0.1) is 11.3 Å². The van der Waals surface area contributed by atoms with Gasteiger partial charge in [-0.05, 0) is 6.92 Å². The molecule has 0 aromatic carbocycles. The summed E-state index contributed by atoms with van der Waals surface area (Å²) < 4.78 is 0. The average Bonchev–Trinajstić information content (AvgIpc) is 2.73. The highest BCUT2D eigenvalue weighted by Gasteiger charge is 2.20. The van der Waals surface area contributed by atoms with Crippen molar-refractivity contribution in [2.24, 2.45) is 0 Å². The van der Waals surface area contributed by atoms with Crippen molar-refractivity contribution in [2.75, 3.05) is 11.9 Å². The SMILES string of the molecule is Cc1ncsc1CN(C)c1cc(Cl)nc(C(C)(C)C)n1. The van der Waals surface area contributed by atoms with E-state index in [1.54, 1.807) is 17.4 Å². The quantitative estimate of drug-likeness (QED) is 0.808. The number of aryl methyl sites for hydroxylation is 1. The van der Waals surface area contributed by atoms with Crippen LogP contribution in [0.3, 0.4) is 0 Å². The van der Waals surface area contributed by atoms with E-state index in [1.165, 1.54) is 4.88 Å². The fraction of sp³-hybridized carbons (Fsp3) is 0.500. The minimum Gasteiger partial charge on any atom is -0.354 e. The zero-order valence-corrected chi connectivity index (χ0v) is 14.0. The Hall–Kier alpha value is -1.20. The van der Waals surface area contributed by atoms with Gasteiger partial charge in [0.1, 0.15) is 16.8 Å². The van der Waals surface area contributed by atoms with Crippen molar-refractivity contribution < 1.29 is 0 Å². The molecule has 20 heavy (non-hydrogen) atoms. The summed E-state index contributed by atoms with van der Waals surface area (Å²) in [4.78, 5) is 16.5. The highest BCUT2D eigenvalue weighted by molar-refractivity contribution is 7.09. The molecule has 0 N–H and O–H groups in total. The van der Waals surface area contributed by atoms with Gasteiger partial charge in [0.15, 0.2) is 0 Å². The Balaban J connectivity index is 2.28. The molecule has 0 atom stereocenters. The lowest BCUT2D eigenvalue weighted by Crippen LogP contribution is -2.22. The number of anilines is 1. The first-order valence-corrected chi connectivity index (χ1v) is 7.68. The van der Waals surface area contributed by atoms with Gasteiger partial charge in [0.25, 0.3) is 0 Å². The summed E-state index contributed by atoms with van der Waals surface area (Å²) in [7, 11) is 2.00. The molecule has 0 bridgehead atoms. The van der Waals surface area contributed by atoms with E-state index in [-0.39, 0.29) is 5.41 Å². The van der Waals surface area contributed by atoms with Crippen LogP contribution in [0.4, 0.5) is 5.82 Å². The smallest absolute Gasteiger partial charge is 0.137 e. The number of nitrogens with zero attached hydrogens (tertiary/aromatic N) is 4. The average molecular weight is 311 g/mol. The first-order valence-electron chi connectivity index (χ1n) is 6.42. The maximum atomic E-state index is 6.13. The highest BCUT2D eigenvalue weighted by Crippen LogP contribution is 2.25. The van der Waals surface area contributed by atoms with Gasteiger partial charge in [0, 0.05) is 23.4 Å². The van der Waals surface area contributed by atoms with E-state index in [0.29, 0.717) is 5.15 Å². The van der Waals surface area contributed by atoms with E-state index in [9.17, 15) is 0 Å². The number of thiazole rings is 1. The van der Waals surface area contributed by atoms with Gasteiger partial charge in [-0.2, -0.15) is 0 Å². The summed E-state index contributed by atoms with van der Waals surface area (Å²) in [5.74, 6) is 1.59. The van der Waals surface area contributed by atoms with Crippen molar-refractivity contribution in [1.29, 1.82) is 0 Å². The number of halogens is 1. The number of rotatable bonds is 3. The molecule has 0 amide bonds. The van der Waals surface area contributed by atoms with Crippen LogP contribution in [-0.2, 0) is 12.0 Å². The molecule has 0 spiro atoms. The van der Waals surface area contributed by atoms with Crippen LogP contribution in [0.1, 0.15) is 37.2 Å². The normalized spacial score (nSPS) is 11.7. The maximum absolute atomic E-state index is 6.13. The summed E-state index contributed by atoms with van der Waals surface area (Å²) in [6.07, 6.45) is 0. The molecule has 108 valence electrons. The molecule has 0 aliphatic carbocycles. The van der Waals surface area contributed by atoms with Crippen molar-refractivity contribution >= 4 is 28.8 Å². The monoisotopic (exact) mass is 310 g/mol. The van der Waals surface area contributed by atoms with Gasteiger partial charge >= 0.3 is 0 Å². The Bertz CT molecular complexity index is 603. The third-order valence-electron chi connectivity index (χ3n) is 2.97. The molecule has 2 heterocycles. The van der Waals surface area contributed by atoms with Crippen LogP contribution in [0.5, 0.6) is 0 Å². The Labute approximate surface area is 128 Å². The molecule has 0 radical (unpaired) electrons. The van der Waals surface area contributed by atoms with Crippen molar-refractivity contribution in [3.63, 3.8) is 0 Å². The zero-order valence-electron chi connectivity index (χ0n) is 12.4. The van der Waals surface area contributed by atoms with Crippen molar-refractivity contribution in [1.82, 2.24) is 15.0 Å². The van der Waals surface area contributed by atoms with Crippen LogP contribution in [0.25, 0.3) is 0 Å². The maximum Gasteiger partial charge on any atom is 0.137 e. The van der Waals surface area contributed by atoms with E-state index < -0.39 is 0 Å². The minimum absolute atomic E-state index is 0.124. The Morgan fingerprint density at radius 2 is 2.00 bits per heavy atom. The summed E-state index contributed by atoms with van der Waals surface area (Å²) >= 11 is 7.78. The highest BCUT2D eigenvalue weighted by atomic mass is 35.5. The second kappa shape index (κ2) is 5.66. The molecule has 6 heteroatoms. The van der Waals surface area contributed by atoms with Gasteiger partial charge in [-0.25, -0.2) is 15.0 Å². The number of hydrogen-bond acceptors (Lipinski definition) is 5.